The lowest BCUT2D eigenvalue weighted by atomic mass is 10.1. The van der Waals surface area contributed by atoms with E-state index in [0.717, 1.165) is 47.7 Å². The minimum absolute atomic E-state index is 0. The van der Waals surface area contributed by atoms with Gasteiger partial charge in [0.2, 0.25) is 0 Å². The van der Waals surface area contributed by atoms with Crippen molar-refractivity contribution >= 4 is 53.1 Å². The number of pyridine rings is 1. The average molecular weight is 456 g/mol. The summed E-state index contributed by atoms with van der Waals surface area (Å²) in [5.74, 6) is 0.605. The molecule has 0 radical (unpaired) electrons. The lowest BCUT2D eigenvalue weighted by Crippen LogP contribution is -2.30. The number of amides is 1. The largest absolute Gasteiger partial charge is 0.338 e. The van der Waals surface area contributed by atoms with Crippen molar-refractivity contribution in [2.75, 3.05) is 26.7 Å². The van der Waals surface area contributed by atoms with E-state index in [9.17, 15) is 4.79 Å². The number of carbonyl (C=O) groups is 1. The molecule has 1 atom stereocenters. The van der Waals surface area contributed by atoms with Crippen molar-refractivity contribution in [3.63, 3.8) is 0 Å². The van der Waals surface area contributed by atoms with E-state index >= 15 is 0 Å². The topological polar surface area (TPSA) is 63.1 Å². The molecule has 1 aliphatic rings. The minimum Gasteiger partial charge on any atom is -0.338 e. The van der Waals surface area contributed by atoms with Crippen LogP contribution in [0.4, 0.5) is 0 Å². The van der Waals surface area contributed by atoms with Crippen LogP contribution in [-0.4, -0.2) is 52.3 Å². The van der Waals surface area contributed by atoms with Crippen LogP contribution in [0.2, 0.25) is 0 Å². The van der Waals surface area contributed by atoms with Crippen molar-refractivity contribution in [1.29, 1.82) is 0 Å². The van der Waals surface area contributed by atoms with Crippen LogP contribution < -0.4 is 5.32 Å². The molecule has 3 aromatic rings. The highest BCUT2D eigenvalue weighted by Gasteiger charge is 2.29. The van der Waals surface area contributed by atoms with Gasteiger partial charge in [0.1, 0.15) is 0 Å². The maximum atomic E-state index is 13.4. The number of hydrogen-bond acceptors (Lipinski definition) is 5. The van der Waals surface area contributed by atoms with Crippen molar-refractivity contribution in [2.45, 2.75) is 26.3 Å². The van der Waals surface area contributed by atoms with Crippen LogP contribution in [0.5, 0.6) is 0 Å². The molecule has 0 aliphatic carbocycles. The fourth-order valence-corrected chi connectivity index (χ4v) is 4.45. The first-order valence-electron chi connectivity index (χ1n) is 9.44. The summed E-state index contributed by atoms with van der Waals surface area (Å²) in [6.45, 7) is 6.71. The molecule has 0 saturated carbocycles. The Morgan fingerprint density at radius 1 is 1.38 bits per heavy atom. The SMILES string of the molecule is CNCC1CCN(C(=O)c2cc(-c3cccs3)nc3c2cnn3C(C)C)C1.Cl.Cl. The third-order valence-corrected chi connectivity index (χ3v) is 6.02. The molecule has 6 nitrogen and oxygen atoms in total. The van der Waals surface area contributed by atoms with Crippen LogP contribution in [0.15, 0.2) is 29.8 Å². The van der Waals surface area contributed by atoms with Crippen LogP contribution in [0.3, 0.4) is 0 Å². The molecule has 0 aromatic carbocycles. The summed E-state index contributed by atoms with van der Waals surface area (Å²) < 4.78 is 1.90. The van der Waals surface area contributed by atoms with Gasteiger partial charge < -0.3 is 10.2 Å². The molecule has 1 amide bonds. The highest BCUT2D eigenvalue weighted by molar-refractivity contribution is 7.13. The summed E-state index contributed by atoms with van der Waals surface area (Å²) in [7, 11) is 1.96. The predicted molar refractivity (Wildman–Crippen MR) is 124 cm³/mol. The van der Waals surface area contributed by atoms with Gasteiger partial charge in [-0.25, -0.2) is 9.67 Å². The van der Waals surface area contributed by atoms with Gasteiger partial charge in [-0.05, 0) is 57.3 Å². The first-order valence-corrected chi connectivity index (χ1v) is 10.3. The second-order valence-electron chi connectivity index (χ2n) is 7.42. The maximum Gasteiger partial charge on any atom is 0.254 e. The zero-order chi connectivity index (χ0) is 19.0. The van der Waals surface area contributed by atoms with E-state index in [0.29, 0.717) is 11.5 Å². The number of likely N-dealkylation sites (tertiary alicyclic amines) is 1. The zero-order valence-corrected chi connectivity index (χ0v) is 19.2. The van der Waals surface area contributed by atoms with Gasteiger partial charge in [0, 0.05) is 19.1 Å². The van der Waals surface area contributed by atoms with Crippen molar-refractivity contribution in [1.82, 2.24) is 25.0 Å². The molecule has 4 rings (SSSR count). The fourth-order valence-electron chi connectivity index (χ4n) is 3.77. The lowest BCUT2D eigenvalue weighted by Gasteiger charge is -2.18. The third-order valence-electron chi connectivity index (χ3n) is 5.13. The molecule has 0 bridgehead atoms. The summed E-state index contributed by atoms with van der Waals surface area (Å²) in [6.07, 6.45) is 2.83. The van der Waals surface area contributed by atoms with Gasteiger partial charge in [0.25, 0.3) is 5.91 Å². The standard InChI is InChI=1S/C20H25N5OS.2ClH/c1-13(2)25-19-16(11-22-25)15(9-17(23-19)18-5-4-8-27-18)20(26)24-7-6-14(12-24)10-21-3;;/h4-5,8-9,11,13-14,21H,6-7,10,12H2,1-3H3;2*1H. The Morgan fingerprint density at radius 3 is 2.83 bits per heavy atom. The van der Waals surface area contributed by atoms with Gasteiger partial charge in [0.05, 0.1) is 27.7 Å². The first-order chi connectivity index (χ1) is 13.1. The van der Waals surface area contributed by atoms with Crippen LogP contribution in [0.1, 0.15) is 36.7 Å². The van der Waals surface area contributed by atoms with Crippen molar-refractivity contribution < 1.29 is 4.79 Å². The van der Waals surface area contributed by atoms with E-state index in [1.54, 1.807) is 17.5 Å². The number of nitrogens with zero attached hydrogens (tertiary/aromatic N) is 4. The molecule has 1 saturated heterocycles. The number of hydrogen-bond donors (Lipinski definition) is 1. The van der Waals surface area contributed by atoms with E-state index in [2.05, 4.69) is 24.3 Å². The van der Waals surface area contributed by atoms with Crippen LogP contribution in [-0.2, 0) is 0 Å². The molecule has 0 spiro atoms. The summed E-state index contributed by atoms with van der Waals surface area (Å²) in [5.41, 5.74) is 2.33. The number of halogens is 2. The quantitative estimate of drug-likeness (QED) is 0.623. The Labute approximate surface area is 187 Å². The number of fused-ring (bicyclic) bond motifs is 1. The molecule has 9 heteroatoms. The molecule has 29 heavy (non-hydrogen) atoms. The molecule has 4 heterocycles. The molecule has 3 aromatic heterocycles. The van der Waals surface area contributed by atoms with Gasteiger partial charge in [-0.15, -0.1) is 36.2 Å². The normalized spacial score (nSPS) is 16.1. The van der Waals surface area contributed by atoms with Crippen molar-refractivity contribution in [3.05, 3.63) is 35.3 Å². The Bertz CT molecular complexity index is 957. The predicted octanol–water partition coefficient (Wildman–Crippen LogP) is 4.27. The van der Waals surface area contributed by atoms with Gasteiger partial charge in [-0.2, -0.15) is 5.10 Å². The summed E-state index contributed by atoms with van der Waals surface area (Å²) in [5, 5.41) is 10.6. The smallest absolute Gasteiger partial charge is 0.254 e. The number of carbonyl (C=O) groups excluding carboxylic acids is 1. The summed E-state index contributed by atoms with van der Waals surface area (Å²) in [4.78, 5) is 21.2. The minimum atomic E-state index is 0. The molecule has 158 valence electrons. The first kappa shape index (κ1) is 23.6. The van der Waals surface area contributed by atoms with Crippen LogP contribution in [0.25, 0.3) is 21.6 Å². The average Bonchev–Trinajstić information content (AvgIpc) is 3.40. The van der Waals surface area contributed by atoms with Crippen LogP contribution >= 0.6 is 36.2 Å². The van der Waals surface area contributed by atoms with E-state index in [-0.39, 0.29) is 36.8 Å². The summed E-state index contributed by atoms with van der Waals surface area (Å²) >= 11 is 1.64. The Hall–Kier alpha value is -1.67. The Balaban J connectivity index is 0.00000150. The monoisotopic (exact) mass is 455 g/mol. The lowest BCUT2D eigenvalue weighted by molar-refractivity contribution is 0.0789. The molecule has 1 N–H and O–H groups in total. The second kappa shape index (κ2) is 9.89. The molecule has 1 fully saturated rings. The number of nitrogens with one attached hydrogen (secondary N) is 1. The van der Waals surface area contributed by atoms with E-state index in [1.165, 1.54) is 0 Å². The van der Waals surface area contributed by atoms with E-state index in [1.807, 2.05) is 40.2 Å². The van der Waals surface area contributed by atoms with Gasteiger partial charge in [-0.3, -0.25) is 4.79 Å². The number of aromatic nitrogens is 3. The second-order valence-corrected chi connectivity index (χ2v) is 8.36. The van der Waals surface area contributed by atoms with Gasteiger partial charge in [0.15, 0.2) is 5.65 Å². The summed E-state index contributed by atoms with van der Waals surface area (Å²) in [6, 6.07) is 6.18. The van der Waals surface area contributed by atoms with E-state index < -0.39 is 0 Å². The number of rotatable bonds is 5. The van der Waals surface area contributed by atoms with Crippen molar-refractivity contribution in [3.8, 4) is 10.6 Å². The molecular formula is C20H27Cl2N5OS. The van der Waals surface area contributed by atoms with Gasteiger partial charge >= 0.3 is 0 Å². The Morgan fingerprint density at radius 2 is 2.17 bits per heavy atom. The fraction of sp³-hybridized carbons (Fsp3) is 0.450. The number of thiophene rings is 1. The zero-order valence-electron chi connectivity index (χ0n) is 16.8. The highest BCUT2D eigenvalue weighted by Crippen LogP contribution is 2.30. The Kier molecular flexibility index (Phi) is 8.05. The molecular weight excluding hydrogens is 429 g/mol. The van der Waals surface area contributed by atoms with Crippen molar-refractivity contribution in [2.24, 2.45) is 5.92 Å². The maximum absolute atomic E-state index is 13.4. The van der Waals surface area contributed by atoms with Gasteiger partial charge in [-0.1, -0.05) is 6.07 Å². The van der Waals surface area contributed by atoms with Crippen LogP contribution in [0, 0.1) is 5.92 Å². The highest BCUT2D eigenvalue weighted by atomic mass is 35.5. The third kappa shape index (κ3) is 4.58. The molecule has 1 aliphatic heterocycles. The molecule has 1 unspecified atom stereocenters. The van der Waals surface area contributed by atoms with E-state index in [4.69, 9.17) is 4.98 Å².